The van der Waals surface area contributed by atoms with Crippen LogP contribution in [0, 0.1) is 6.92 Å². The zero-order valence-corrected chi connectivity index (χ0v) is 16.9. The minimum Gasteiger partial charge on any atom is -0.372 e. The van der Waals surface area contributed by atoms with Crippen LogP contribution in [0.15, 0.2) is 73.1 Å². The van der Waals surface area contributed by atoms with E-state index >= 15 is 0 Å². The molecule has 0 saturated heterocycles. The number of aromatic nitrogens is 1. The van der Waals surface area contributed by atoms with Crippen LogP contribution in [0.2, 0.25) is 0 Å². The number of carbonyl (C=O) groups is 1. The lowest BCUT2D eigenvalue weighted by Gasteiger charge is -2.23. The highest BCUT2D eigenvalue weighted by molar-refractivity contribution is 5.94. The van der Waals surface area contributed by atoms with Crippen molar-refractivity contribution in [1.82, 2.24) is 4.57 Å². The predicted molar refractivity (Wildman–Crippen MR) is 117 cm³/mol. The second-order valence-electron chi connectivity index (χ2n) is 7.00. The number of carbonyl (C=O) groups excluding carboxylic acids is 1. The molecule has 1 unspecified atom stereocenters. The highest BCUT2D eigenvalue weighted by Crippen LogP contribution is 2.24. The number of benzene rings is 2. The van der Waals surface area contributed by atoms with Gasteiger partial charge >= 0.3 is 0 Å². The second kappa shape index (κ2) is 9.27. The van der Waals surface area contributed by atoms with E-state index in [0.717, 1.165) is 29.9 Å². The molecule has 1 N–H and O–H groups in total. The quantitative estimate of drug-likeness (QED) is 0.597. The van der Waals surface area contributed by atoms with Crippen LogP contribution >= 0.6 is 0 Å². The van der Waals surface area contributed by atoms with Crippen LogP contribution in [-0.4, -0.2) is 23.6 Å². The second-order valence-corrected chi connectivity index (χ2v) is 7.00. The van der Waals surface area contributed by atoms with Gasteiger partial charge in [0, 0.05) is 43.3 Å². The number of hydrogen-bond acceptors (Lipinski definition) is 2. The molecule has 2 aromatic carbocycles. The molecule has 0 aliphatic rings. The lowest BCUT2D eigenvalue weighted by molar-refractivity contribution is -0.119. The Morgan fingerprint density at radius 2 is 1.68 bits per heavy atom. The molecular weight excluding hydrogens is 346 g/mol. The number of nitrogens with one attached hydrogen (secondary N) is 1. The number of rotatable bonds is 8. The third-order valence-electron chi connectivity index (χ3n) is 5.16. The van der Waals surface area contributed by atoms with Crippen molar-refractivity contribution in [3.05, 3.63) is 84.2 Å². The average molecular weight is 376 g/mol. The Morgan fingerprint density at radius 3 is 2.29 bits per heavy atom. The first-order chi connectivity index (χ1) is 13.6. The summed E-state index contributed by atoms with van der Waals surface area (Å²) in [6.45, 7) is 8.28. The summed E-state index contributed by atoms with van der Waals surface area (Å²) in [5, 5.41) is 3.14. The number of nitrogens with zero attached hydrogens (tertiary/aromatic N) is 2. The van der Waals surface area contributed by atoms with Gasteiger partial charge in [-0.1, -0.05) is 30.3 Å². The fourth-order valence-corrected chi connectivity index (χ4v) is 3.52. The van der Waals surface area contributed by atoms with E-state index in [9.17, 15) is 4.79 Å². The van der Waals surface area contributed by atoms with Gasteiger partial charge in [-0.05, 0) is 62.2 Å². The summed E-state index contributed by atoms with van der Waals surface area (Å²) in [4.78, 5) is 15.5. The standard InChI is InChI=1S/C24H29N3O/c1-4-26(5-2)21-13-14-22(19(3)17-21)25-24(28)23(27-15-9-10-16-27)18-20-11-7-6-8-12-20/h6-17,23H,4-5,18H2,1-3H3,(H,25,28). The summed E-state index contributed by atoms with van der Waals surface area (Å²) < 4.78 is 1.97. The largest absolute Gasteiger partial charge is 0.372 e. The molecule has 3 aromatic rings. The van der Waals surface area contributed by atoms with Crippen molar-refractivity contribution in [2.45, 2.75) is 33.2 Å². The van der Waals surface area contributed by atoms with Crippen molar-refractivity contribution < 1.29 is 4.79 Å². The van der Waals surface area contributed by atoms with E-state index in [1.165, 1.54) is 5.69 Å². The van der Waals surface area contributed by atoms with Gasteiger partial charge in [0.1, 0.15) is 6.04 Å². The number of anilines is 2. The van der Waals surface area contributed by atoms with Crippen molar-refractivity contribution in [1.29, 1.82) is 0 Å². The van der Waals surface area contributed by atoms with Crippen molar-refractivity contribution in [3.63, 3.8) is 0 Å². The third-order valence-corrected chi connectivity index (χ3v) is 5.16. The Bertz CT molecular complexity index is 883. The molecule has 1 heterocycles. The molecule has 0 bridgehead atoms. The number of amides is 1. The van der Waals surface area contributed by atoms with E-state index in [4.69, 9.17) is 0 Å². The number of hydrogen-bond donors (Lipinski definition) is 1. The fourth-order valence-electron chi connectivity index (χ4n) is 3.52. The van der Waals surface area contributed by atoms with Gasteiger partial charge in [-0.3, -0.25) is 4.79 Å². The smallest absolute Gasteiger partial charge is 0.247 e. The molecule has 4 heteroatoms. The van der Waals surface area contributed by atoms with Gasteiger partial charge < -0.3 is 14.8 Å². The monoisotopic (exact) mass is 375 g/mol. The first-order valence-corrected chi connectivity index (χ1v) is 9.95. The maximum Gasteiger partial charge on any atom is 0.247 e. The molecule has 0 radical (unpaired) electrons. The lowest BCUT2D eigenvalue weighted by atomic mass is 10.0. The summed E-state index contributed by atoms with van der Waals surface area (Å²) in [6, 6.07) is 20.0. The van der Waals surface area contributed by atoms with Gasteiger partial charge in [0.25, 0.3) is 0 Å². The molecule has 0 aliphatic carbocycles. The Morgan fingerprint density at radius 1 is 1.00 bits per heavy atom. The summed E-state index contributed by atoms with van der Waals surface area (Å²) in [5.41, 5.74) is 4.27. The van der Waals surface area contributed by atoms with E-state index in [0.29, 0.717) is 6.42 Å². The molecule has 3 rings (SSSR count). The van der Waals surface area contributed by atoms with Crippen molar-refractivity contribution in [3.8, 4) is 0 Å². The summed E-state index contributed by atoms with van der Waals surface area (Å²) in [5.74, 6) is -0.00116. The lowest BCUT2D eigenvalue weighted by Crippen LogP contribution is -2.27. The third kappa shape index (κ3) is 4.63. The molecule has 1 amide bonds. The molecule has 4 nitrogen and oxygen atoms in total. The summed E-state index contributed by atoms with van der Waals surface area (Å²) >= 11 is 0. The van der Waals surface area contributed by atoms with E-state index in [2.05, 4.69) is 48.3 Å². The van der Waals surface area contributed by atoms with Crippen LogP contribution in [0.25, 0.3) is 0 Å². The van der Waals surface area contributed by atoms with Crippen LogP contribution in [0.1, 0.15) is 31.0 Å². The molecule has 0 fully saturated rings. The van der Waals surface area contributed by atoms with E-state index in [-0.39, 0.29) is 11.9 Å². The molecular formula is C24H29N3O. The maximum atomic E-state index is 13.2. The minimum atomic E-state index is -0.292. The van der Waals surface area contributed by atoms with Gasteiger partial charge in [0.2, 0.25) is 5.91 Å². The zero-order chi connectivity index (χ0) is 19.9. The molecule has 1 aromatic heterocycles. The topological polar surface area (TPSA) is 37.3 Å². The van der Waals surface area contributed by atoms with Crippen molar-refractivity contribution >= 4 is 17.3 Å². The fraction of sp³-hybridized carbons (Fsp3) is 0.292. The Hall–Kier alpha value is -3.01. The first kappa shape index (κ1) is 19.7. The Labute approximate surface area is 167 Å². The number of aryl methyl sites for hydroxylation is 1. The summed E-state index contributed by atoms with van der Waals surface area (Å²) in [6.07, 6.45) is 4.55. The van der Waals surface area contributed by atoms with Crippen molar-refractivity contribution in [2.75, 3.05) is 23.3 Å². The SMILES string of the molecule is CCN(CC)c1ccc(NC(=O)C(Cc2ccccc2)n2cccc2)c(C)c1. The summed E-state index contributed by atoms with van der Waals surface area (Å²) in [7, 11) is 0. The van der Waals surface area contributed by atoms with Crippen LogP contribution in [-0.2, 0) is 11.2 Å². The Balaban J connectivity index is 1.80. The van der Waals surface area contributed by atoms with Crippen molar-refractivity contribution in [2.24, 2.45) is 0 Å². The van der Waals surface area contributed by atoms with Crippen LogP contribution in [0.5, 0.6) is 0 Å². The Kier molecular flexibility index (Phi) is 6.53. The van der Waals surface area contributed by atoms with Gasteiger partial charge in [-0.2, -0.15) is 0 Å². The van der Waals surface area contributed by atoms with Gasteiger partial charge in [0.05, 0.1) is 0 Å². The van der Waals surface area contributed by atoms with Gasteiger partial charge in [-0.25, -0.2) is 0 Å². The van der Waals surface area contributed by atoms with Crippen LogP contribution in [0.3, 0.4) is 0 Å². The molecule has 0 spiro atoms. The highest BCUT2D eigenvalue weighted by Gasteiger charge is 2.21. The molecule has 146 valence electrons. The van der Waals surface area contributed by atoms with Crippen LogP contribution < -0.4 is 10.2 Å². The van der Waals surface area contributed by atoms with Crippen LogP contribution in [0.4, 0.5) is 11.4 Å². The van der Waals surface area contributed by atoms with E-state index in [1.54, 1.807) is 0 Å². The average Bonchev–Trinajstić information content (AvgIpc) is 3.24. The zero-order valence-electron chi connectivity index (χ0n) is 16.9. The molecule has 0 aliphatic heterocycles. The molecule has 28 heavy (non-hydrogen) atoms. The first-order valence-electron chi connectivity index (χ1n) is 9.95. The van der Waals surface area contributed by atoms with Gasteiger partial charge in [0.15, 0.2) is 0 Å². The molecule has 0 saturated carbocycles. The maximum absolute atomic E-state index is 13.2. The molecule has 1 atom stereocenters. The van der Waals surface area contributed by atoms with E-state index in [1.807, 2.05) is 60.3 Å². The van der Waals surface area contributed by atoms with Gasteiger partial charge in [-0.15, -0.1) is 0 Å². The predicted octanol–water partition coefficient (Wildman–Crippen LogP) is 5.07. The van der Waals surface area contributed by atoms with E-state index < -0.39 is 0 Å². The normalized spacial score (nSPS) is 11.8. The highest BCUT2D eigenvalue weighted by atomic mass is 16.2. The minimum absolute atomic E-state index is 0.00116.